The van der Waals surface area contributed by atoms with Crippen LogP contribution < -0.4 is 0 Å². The lowest BCUT2D eigenvalue weighted by Gasteiger charge is -2.02. The van der Waals surface area contributed by atoms with E-state index in [0.29, 0.717) is 5.57 Å². The molecule has 0 aliphatic rings. The molecule has 0 fully saturated rings. The van der Waals surface area contributed by atoms with Crippen molar-refractivity contribution in [2.45, 2.75) is 13.8 Å². The van der Waals surface area contributed by atoms with Crippen LogP contribution >= 0.6 is 0 Å². The number of hydrogen-bond donors (Lipinski definition) is 2. The molecule has 0 amide bonds. The van der Waals surface area contributed by atoms with Crippen LogP contribution in [0, 0.1) is 17.7 Å². The van der Waals surface area contributed by atoms with Gasteiger partial charge in [-0.25, -0.2) is 20.4 Å². The third-order valence-electron chi connectivity index (χ3n) is 1.78. The minimum Gasteiger partial charge on any atom is -0.289 e. The number of isocyanates is 2. The molecule has 0 spiro atoms. The Labute approximate surface area is 105 Å². The molecule has 0 aliphatic heterocycles. The van der Waals surface area contributed by atoms with E-state index < -0.39 is 0 Å². The fourth-order valence-electron chi connectivity index (χ4n) is 1.06. The second-order valence-corrected chi connectivity index (χ2v) is 3.13. The average molecular weight is 246 g/mol. The Morgan fingerprint density at radius 1 is 1.17 bits per heavy atom. The van der Waals surface area contributed by atoms with Gasteiger partial charge in [-0.15, -0.1) is 0 Å². The van der Waals surface area contributed by atoms with Crippen molar-refractivity contribution >= 4 is 17.9 Å². The summed E-state index contributed by atoms with van der Waals surface area (Å²) < 4.78 is 0. The smallest absolute Gasteiger partial charge is 0.231 e. The van der Waals surface area contributed by atoms with E-state index in [2.05, 4.69) is 6.58 Å². The van der Waals surface area contributed by atoms with E-state index in [0.717, 1.165) is 23.3 Å². The van der Waals surface area contributed by atoms with Gasteiger partial charge < -0.3 is 0 Å². The molecule has 0 aromatic heterocycles. The summed E-state index contributed by atoms with van der Waals surface area (Å²) in [5.74, 6) is 0.0353. The van der Waals surface area contributed by atoms with Crippen molar-refractivity contribution in [3.05, 3.63) is 47.5 Å². The molecule has 5 nitrogen and oxygen atoms in total. The highest BCUT2D eigenvalue weighted by atomic mass is 16.1. The van der Waals surface area contributed by atoms with Gasteiger partial charge in [0.15, 0.2) is 5.78 Å². The summed E-state index contributed by atoms with van der Waals surface area (Å²) in [6, 6.07) is 7.54. The summed E-state index contributed by atoms with van der Waals surface area (Å²) >= 11 is 0. The van der Waals surface area contributed by atoms with Gasteiger partial charge in [0.25, 0.3) is 0 Å². The summed E-state index contributed by atoms with van der Waals surface area (Å²) in [5, 5.41) is 10.8. The molecule has 1 rings (SSSR count). The third kappa shape index (κ3) is 7.65. The van der Waals surface area contributed by atoms with Gasteiger partial charge in [0, 0.05) is 5.56 Å². The molecule has 0 heterocycles. The van der Waals surface area contributed by atoms with E-state index in [9.17, 15) is 4.79 Å². The highest BCUT2D eigenvalue weighted by Gasteiger charge is 2.07. The number of nitrogens with one attached hydrogen (secondary N) is 2. The topological polar surface area (TPSA) is 98.9 Å². The molecule has 2 N–H and O–H groups in total. The van der Waals surface area contributed by atoms with Gasteiger partial charge in [-0.3, -0.25) is 4.79 Å². The van der Waals surface area contributed by atoms with Gasteiger partial charge in [-0.05, 0) is 25.0 Å². The lowest BCUT2D eigenvalue weighted by molar-refractivity contribution is 0.103. The number of carbonyl (C=O) groups excluding carboxylic acids is 3. The monoisotopic (exact) mass is 246 g/mol. The van der Waals surface area contributed by atoms with E-state index >= 15 is 0 Å². The summed E-state index contributed by atoms with van der Waals surface area (Å²) in [5.41, 5.74) is 2.35. The molecular weight excluding hydrogens is 232 g/mol. The molecule has 18 heavy (non-hydrogen) atoms. The Bertz CT molecular complexity index is 469. The lowest BCUT2D eigenvalue weighted by Crippen LogP contribution is -2.01. The maximum atomic E-state index is 11.5. The van der Waals surface area contributed by atoms with E-state index in [-0.39, 0.29) is 5.78 Å². The number of aryl methyl sites for hydroxylation is 1. The van der Waals surface area contributed by atoms with Gasteiger partial charge in [-0.1, -0.05) is 30.8 Å². The first-order valence-electron chi connectivity index (χ1n) is 4.79. The first kappa shape index (κ1) is 17.8. The predicted molar refractivity (Wildman–Crippen MR) is 67.1 cm³/mol. The third-order valence-corrected chi connectivity index (χ3v) is 1.78. The Balaban J connectivity index is 0. The molecule has 5 heteroatoms. The number of Topliss-reactive ketones (excluding diaryl/α,β-unsaturated/α-hetero) is 1. The summed E-state index contributed by atoms with van der Waals surface area (Å²) in [6.07, 6.45) is 1.50. The van der Waals surface area contributed by atoms with Crippen LogP contribution in [0.15, 0.2) is 36.4 Å². The highest BCUT2D eigenvalue weighted by molar-refractivity contribution is 6.08. The van der Waals surface area contributed by atoms with E-state index in [1.165, 1.54) is 0 Å². The normalized spacial score (nSPS) is 7.22. The molecule has 1 aromatic carbocycles. The van der Waals surface area contributed by atoms with Crippen LogP contribution in [0.1, 0.15) is 22.8 Å². The molecule has 0 bridgehead atoms. The maximum Gasteiger partial charge on any atom is 0.231 e. The van der Waals surface area contributed by atoms with Crippen molar-refractivity contribution in [3.8, 4) is 0 Å². The summed E-state index contributed by atoms with van der Waals surface area (Å²) in [7, 11) is 0. The fourth-order valence-corrected chi connectivity index (χ4v) is 1.06. The number of carbonyl (C=O) groups is 1. The lowest BCUT2D eigenvalue weighted by atomic mass is 10.0. The second-order valence-electron chi connectivity index (χ2n) is 3.13. The van der Waals surface area contributed by atoms with Gasteiger partial charge in [0.1, 0.15) is 0 Å². The molecule has 0 saturated carbocycles. The molecule has 0 saturated heterocycles. The van der Waals surface area contributed by atoms with Crippen LogP contribution in [0.2, 0.25) is 0 Å². The first-order chi connectivity index (χ1) is 8.45. The number of rotatable bonds is 2. The Morgan fingerprint density at radius 3 is 1.89 bits per heavy atom. The number of hydrogen-bond acceptors (Lipinski definition) is 5. The number of allylic oxidation sites excluding steroid dienone is 1. The highest BCUT2D eigenvalue weighted by Crippen LogP contribution is 2.11. The first-order valence-corrected chi connectivity index (χ1v) is 4.79. The largest absolute Gasteiger partial charge is 0.289 e. The van der Waals surface area contributed by atoms with Crippen LogP contribution in [-0.2, 0) is 9.59 Å². The van der Waals surface area contributed by atoms with E-state index in [1.807, 2.05) is 31.2 Å². The fraction of sp³-hybridized carbons (Fsp3) is 0.154. The summed E-state index contributed by atoms with van der Waals surface area (Å²) in [6.45, 7) is 7.28. The van der Waals surface area contributed by atoms with Crippen LogP contribution in [0.25, 0.3) is 0 Å². The SMILES string of the molecule is C=C(C)C(=O)c1ccccc1C.N=C=O.N=C=O. The number of ketones is 1. The van der Waals surface area contributed by atoms with Gasteiger partial charge in [0.05, 0.1) is 0 Å². The molecule has 0 radical (unpaired) electrons. The summed E-state index contributed by atoms with van der Waals surface area (Å²) in [4.78, 5) is 28.2. The number of benzene rings is 1. The van der Waals surface area contributed by atoms with Crippen molar-refractivity contribution in [3.63, 3.8) is 0 Å². The van der Waals surface area contributed by atoms with Gasteiger partial charge in [0.2, 0.25) is 12.2 Å². The Kier molecular flexibility index (Phi) is 10.8. The maximum absolute atomic E-state index is 11.5. The molecule has 94 valence electrons. The Hall–Kier alpha value is -2.61. The molecule has 0 atom stereocenters. The zero-order valence-corrected chi connectivity index (χ0v) is 10.2. The van der Waals surface area contributed by atoms with Crippen LogP contribution in [0.5, 0.6) is 0 Å². The average Bonchev–Trinajstić information content (AvgIpc) is 2.30. The molecular formula is C13H14N2O3. The zero-order chi connectivity index (χ0) is 14.6. The predicted octanol–water partition coefficient (Wildman–Crippen LogP) is 2.56. The standard InChI is InChI=1S/C11H12O.2CHNO/c1-8(2)11(12)10-7-5-4-6-9(10)3;2*2-1-3/h4-7H,1H2,2-3H3;2*2H. The minimum atomic E-state index is 0.0353. The van der Waals surface area contributed by atoms with Crippen molar-refractivity contribution < 1.29 is 14.4 Å². The second kappa shape index (κ2) is 10.9. The molecule has 0 unspecified atom stereocenters. The van der Waals surface area contributed by atoms with Gasteiger partial charge >= 0.3 is 0 Å². The van der Waals surface area contributed by atoms with Crippen LogP contribution in [0.4, 0.5) is 0 Å². The van der Waals surface area contributed by atoms with Gasteiger partial charge in [-0.2, -0.15) is 0 Å². The molecule has 1 aromatic rings. The van der Waals surface area contributed by atoms with E-state index in [4.69, 9.17) is 20.4 Å². The van der Waals surface area contributed by atoms with Crippen molar-refractivity contribution in [2.24, 2.45) is 0 Å². The van der Waals surface area contributed by atoms with Crippen molar-refractivity contribution in [1.82, 2.24) is 0 Å². The minimum absolute atomic E-state index is 0.0353. The molecule has 0 aliphatic carbocycles. The van der Waals surface area contributed by atoms with Crippen LogP contribution in [-0.4, -0.2) is 17.9 Å². The van der Waals surface area contributed by atoms with Crippen LogP contribution in [0.3, 0.4) is 0 Å². The van der Waals surface area contributed by atoms with Crippen molar-refractivity contribution in [2.75, 3.05) is 0 Å². The quantitative estimate of drug-likeness (QED) is 0.363. The Morgan fingerprint density at radius 2 is 1.56 bits per heavy atom. The van der Waals surface area contributed by atoms with Crippen molar-refractivity contribution in [1.29, 1.82) is 10.8 Å². The zero-order valence-electron chi connectivity index (χ0n) is 10.2. The van der Waals surface area contributed by atoms with E-state index in [1.54, 1.807) is 6.92 Å².